The van der Waals surface area contributed by atoms with E-state index in [-0.39, 0.29) is 23.4 Å². The molecule has 0 aromatic heterocycles. The molecule has 1 fully saturated rings. The van der Waals surface area contributed by atoms with E-state index in [1.54, 1.807) is 24.1 Å². The fraction of sp³-hybridized carbons (Fsp3) is 0.462. The maximum absolute atomic E-state index is 11.3. The number of phenols is 2. The van der Waals surface area contributed by atoms with Crippen molar-refractivity contribution in [3.63, 3.8) is 0 Å². The van der Waals surface area contributed by atoms with Crippen molar-refractivity contribution >= 4 is 5.91 Å². The third-order valence-corrected chi connectivity index (χ3v) is 3.28. The monoisotopic (exact) mass is 250 g/mol. The normalized spacial score (nSPS) is 20.2. The first-order chi connectivity index (χ1) is 8.56. The van der Waals surface area contributed by atoms with Crippen LogP contribution >= 0.6 is 0 Å². The molecule has 0 saturated carbocycles. The van der Waals surface area contributed by atoms with Crippen LogP contribution in [0.2, 0.25) is 0 Å². The van der Waals surface area contributed by atoms with Crippen LogP contribution in [0.4, 0.5) is 0 Å². The Kier molecular flexibility index (Phi) is 3.72. The Hall–Kier alpha value is -1.75. The van der Waals surface area contributed by atoms with E-state index in [2.05, 4.69) is 5.32 Å². The molecule has 1 unspecified atom stereocenters. The molecular formula is C13H18N2O3. The predicted molar refractivity (Wildman–Crippen MR) is 67.3 cm³/mol. The summed E-state index contributed by atoms with van der Waals surface area (Å²) >= 11 is 0. The molecule has 1 aromatic carbocycles. The molecule has 0 radical (unpaired) electrons. The van der Waals surface area contributed by atoms with Crippen molar-refractivity contribution in [2.45, 2.75) is 25.4 Å². The van der Waals surface area contributed by atoms with Gasteiger partial charge in [0.05, 0.1) is 0 Å². The van der Waals surface area contributed by atoms with Crippen LogP contribution in [0.15, 0.2) is 18.2 Å². The van der Waals surface area contributed by atoms with Crippen LogP contribution in [-0.2, 0) is 11.3 Å². The van der Waals surface area contributed by atoms with Crippen molar-refractivity contribution in [1.29, 1.82) is 0 Å². The van der Waals surface area contributed by atoms with Gasteiger partial charge in [0.1, 0.15) is 11.5 Å². The molecule has 18 heavy (non-hydrogen) atoms. The number of aromatic hydroxyl groups is 2. The maximum atomic E-state index is 11.3. The summed E-state index contributed by atoms with van der Waals surface area (Å²) in [6, 6.07) is 4.82. The number of nitrogens with one attached hydrogen (secondary N) is 1. The van der Waals surface area contributed by atoms with Crippen molar-refractivity contribution < 1.29 is 15.0 Å². The van der Waals surface area contributed by atoms with Crippen LogP contribution in [0, 0.1) is 0 Å². The zero-order valence-corrected chi connectivity index (χ0v) is 10.4. The van der Waals surface area contributed by atoms with Crippen LogP contribution in [0.3, 0.4) is 0 Å². The van der Waals surface area contributed by atoms with Crippen molar-refractivity contribution in [1.82, 2.24) is 10.2 Å². The molecule has 0 bridgehead atoms. The minimum absolute atomic E-state index is 0.0549. The van der Waals surface area contributed by atoms with Gasteiger partial charge < -0.3 is 20.4 Å². The highest BCUT2D eigenvalue weighted by molar-refractivity contribution is 5.76. The molecule has 1 saturated heterocycles. The Labute approximate surface area is 106 Å². The predicted octanol–water partition coefficient (Wildman–Crippen LogP) is 0.808. The van der Waals surface area contributed by atoms with E-state index >= 15 is 0 Å². The van der Waals surface area contributed by atoms with Crippen molar-refractivity contribution in [3.05, 3.63) is 23.8 Å². The van der Waals surface area contributed by atoms with Crippen LogP contribution in [0.1, 0.15) is 18.4 Å². The van der Waals surface area contributed by atoms with E-state index < -0.39 is 0 Å². The van der Waals surface area contributed by atoms with E-state index in [0.717, 1.165) is 12.0 Å². The first-order valence-electron chi connectivity index (χ1n) is 6.04. The van der Waals surface area contributed by atoms with Gasteiger partial charge in [0.2, 0.25) is 5.91 Å². The van der Waals surface area contributed by atoms with Gasteiger partial charge in [0.25, 0.3) is 0 Å². The molecular weight excluding hydrogens is 232 g/mol. The van der Waals surface area contributed by atoms with E-state index in [0.29, 0.717) is 19.5 Å². The largest absolute Gasteiger partial charge is 0.508 e. The summed E-state index contributed by atoms with van der Waals surface area (Å²) in [7, 11) is 1.80. The first-order valence-corrected chi connectivity index (χ1v) is 6.04. The minimum atomic E-state index is 0.0549. The zero-order chi connectivity index (χ0) is 13.1. The van der Waals surface area contributed by atoms with Gasteiger partial charge in [0.15, 0.2) is 0 Å². The Morgan fingerprint density at radius 3 is 2.89 bits per heavy atom. The van der Waals surface area contributed by atoms with E-state index in [1.807, 2.05) is 0 Å². The fourth-order valence-electron chi connectivity index (χ4n) is 2.13. The second-order valence-corrected chi connectivity index (χ2v) is 4.70. The number of hydrogen-bond acceptors (Lipinski definition) is 4. The second-order valence-electron chi connectivity index (χ2n) is 4.70. The third-order valence-electron chi connectivity index (χ3n) is 3.28. The molecule has 2 rings (SSSR count). The zero-order valence-electron chi connectivity index (χ0n) is 10.4. The van der Waals surface area contributed by atoms with Crippen molar-refractivity contribution in [2.24, 2.45) is 0 Å². The summed E-state index contributed by atoms with van der Waals surface area (Å²) in [5, 5.41) is 22.2. The Morgan fingerprint density at radius 2 is 2.22 bits per heavy atom. The van der Waals surface area contributed by atoms with Crippen LogP contribution < -0.4 is 5.32 Å². The summed E-state index contributed by atoms with van der Waals surface area (Å²) in [4.78, 5) is 13.1. The van der Waals surface area contributed by atoms with Gasteiger partial charge in [-0.15, -0.1) is 0 Å². The molecule has 1 aromatic rings. The number of rotatable bonds is 3. The van der Waals surface area contributed by atoms with E-state index in [4.69, 9.17) is 0 Å². The van der Waals surface area contributed by atoms with Gasteiger partial charge in [0, 0.05) is 44.2 Å². The lowest BCUT2D eigenvalue weighted by Crippen LogP contribution is -2.46. The van der Waals surface area contributed by atoms with Gasteiger partial charge in [-0.1, -0.05) is 6.07 Å². The lowest BCUT2D eigenvalue weighted by molar-refractivity contribution is -0.132. The molecule has 98 valence electrons. The lowest BCUT2D eigenvalue weighted by atomic mass is 10.1. The molecule has 1 aliphatic rings. The summed E-state index contributed by atoms with van der Waals surface area (Å²) in [6.45, 7) is 1.22. The van der Waals surface area contributed by atoms with Crippen LogP contribution in [0.25, 0.3) is 0 Å². The van der Waals surface area contributed by atoms with Gasteiger partial charge >= 0.3 is 0 Å². The summed E-state index contributed by atoms with van der Waals surface area (Å²) in [5.41, 5.74) is 0.743. The average molecular weight is 250 g/mol. The molecule has 5 nitrogen and oxygen atoms in total. The number of likely N-dealkylation sites (N-methyl/N-ethyl adjacent to an activating group) is 1. The Bertz CT molecular complexity index is 448. The highest BCUT2D eigenvalue weighted by Gasteiger charge is 2.22. The second kappa shape index (κ2) is 5.27. The third kappa shape index (κ3) is 2.92. The number of carbonyl (C=O) groups excluding carboxylic acids is 1. The first kappa shape index (κ1) is 12.7. The Balaban J connectivity index is 1.90. The van der Waals surface area contributed by atoms with Crippen molar-refractivity contribution in [3.8, 4) is 11.5 Å². The molecule has 1 heterocycles. The number of likely N-dealkylation sites (tertiary alicyclic amines) is 1. The Morgan fingerprint density at radius 1 is 1.44 bits per heavy atom. The van der Waals surface area contributed by atoms with E-state index in [1.165, 1.54) is 6.07 Å². The molecule has 3 N–H and O–H groups in total. The van der Waals surface area contributed by atoms with Gasteiger partial charge in [-0.3, -0.25) is 4.79 Å². The smallest absolute Gasteiger partial charge is 0.222 e. The number of carbonyl (C=O) groups is 1. The number of benzene rings is 1. The van der Waals surface area contributed by atoms with Crippen molar-refractivity contribution in [2.75, 3.05) is 13.6 Å². The lowest BCUT2D eigenvalue weighted by Gasteiger charge is -2.30. The SMILES string of the molecule is CN1CC(NCc2ccc(O)cc2O)CCC1=O. The molecule has 1 aliphatic heterocycles. The fourth-order valence-corrected chi connectivity index (χ4v) is 2.13. The quantitative estimate of drug-likeness (QED) is 0.742. The highest BCUT2D eigenvalue weighted by Crippen LogP contribution is 2.22. The molecule has 5 heteroatoms. The molecule has 0 aliphatic carbocycles. The van der Waals surface area contributed by atoms with Crippen LogP contribution in [0.5, 0.6) is 11.5 Å². The molecule has 0 spiro atoms. The molecule has 1 atom stereocenters. The number of phenolic OH excluding ortho intramolecular Hbond substituents is 2. The minimum Gasteiger partial charge on any atom is -0.508 e. The number of amides is 1. The van der Waals surface area contributed by atoms with E-state index in [9.17, 15) is 15.0 Å². The molecule has 1 amide bonds. The number of hydrogen-bond donors (Lipinski definition) is 3. The van der Waals surface area contributed by atoms with Gasteiger partial charge in [-0.25, -0.2) is 0 Å². The highest BCUT2D eigenvalue weighted by atomic mass is 16.3. The average Bonchev–Trinajstić information content (AvgIpc) is 2.32. The maximum Gasteiger partial charge on any atom is 0.222 e. The summed E-state index contributed by atoms with van der Waals surface area (Å²) in [6.07, 6.45) is 1.39. The summed E-state index contributed by atoms with van der Waals surface area (Å²) < 4.78 is 0. The van der Waals surface area contributed by atoms with Crippen LogP contribution in [-0.4, -0.2) is 40.7 Å². The van der Waals surface area contributed by atoms with Gasteiger partial charge in [-0.2, -0.15) is 0 Å². The topological polar surface area (TPSA) is 72.8 Å². The standard InChI is InChI=1S/C13H18N2O3/c1-15-8-10(3-5-13(15)18)14-7-9-2-4-11(16)6-12(9)17/h2,4,6,10,14,16-17H,3,5,7-8H2,1H3. The van der Waals surface area contributed by atoms with Gasteiger partial charge in [-0.05, 0) is 12.5 Å². The number of piperidine rings is 1. The number of nitrogens with zero attached hydrogens (tertiary/aromatic N) is 1. The summed E-state index contributed by atoms with van der Waals surface area (Å²) in [5.74, 6) is 0.322.